The molecule has 0 aliphatic carbocycles. The lowest BCUT2D eigenvalue weighted by molar-refractivity contribution is 0.281. The number of nitrogens with one attached hydrogen (secondary N) is 1. The molecule has 148 valence electrons. The van der Waals surface area contributed by atoms with E-state index in [1.54, 1.807) is 6.33 Å². The number of likely N-dealkylation sites (N-methyl/N-ethyl adjacent to an activating group) is 1. The minimum Gasteiger partial charge on any atom is -0.492 e. The number of aromatic nitrogens is 3. The number of halogens is 1. The number of hydrogen-bond acceptors (Lipinski definition) is 4. The van der Waals surface area contributed by atoms with Gasteiger partial charge in [0.2, 0.25) is 0 Å². The van der Waals surface area contributed by atoms with Gasteiger partial charge in [-0.2, -0.15) is 0 Å². The Balaban J connectivity index is 0.00000364. The first-order valence-electron chi connectivity index (χ1n) is 8.89. The van der Waals surface area contributed by atoms with Crippen molar-refractivity contribution in [2.45, 2.75) is 19.9 Å². The van der Waals surface area contributed by atoms with Crippen LogP contribution in [0.25, 0.3) is 0 Å². The fourth-order valence-corrected chi connectivity index (χ4v) is 2.40. The number of guanidine groups is 1. The van der Waals surface area contributed by atoms with Crippen molar-refractivity contribution in [2.24, 2.45) is 4.99 Å². The molecule has 7 nitrogen and oxygen atoms in total. The van der Waals surface area contributed by atoms with Crippen LogP contribution in [0.1, 0.15) is 12.7 Å². The Hall–Kier alpha value is -2.10. The van der Waals surface area contributed by atoms with E-state index in [0.717, 1.165) is 37.0 Å². The summed E-state index contributed by atoms with van der Waals surface area (Å²) in [6.07, 6.45) is 4.43. The Kier molecular flexibility index (Phi) is 11.2. The van der Waals surface area contributed by atoms with E-state index in [9.17, 15) is 0 Å². The first kappa shape index (κ1) is 22.9. The lowest BCUT2D eigenvalue weighted by Crippen LogP contribution is -2.41. The number of benzene rings is 1. The van der Waals surface area contributed by atoms with E-state index >= 15 is 0 Å². The number of aliphatic imine (C=N–C) groups is 1. The fourth-order valence-electron chi connectivity index (χ4n) is 2.40. The number of para-hydroxylation sites is 1. The molecule has 1 aromatic heterocycles. The van der Waals surface area contributed by atoms with Crippen LogP contribution in [0.3, 0.4) is 0 Å². The summed E-state index contributed by atoms with van der Waals surface area (Å²) in [5.41, 5.74) is 0. The first-order valence-corrected chi connectivity index (χ1v) is 8.89. The van der Waals surface area contributed by atoms with Gasteiger partial charge in [-0.25, -0.2) is 0 Å². The quantitative estimate of drug-likeness (QED) is 0.243. The summed E-state index contributed by atoms with van der Waals surface area (Å²) in [5.74, 6) is 2.68. The highest BCUT2D eigenvalue weighted by Gasteiger charge is 2.06. The zero-order chi connectivity index (χ0) is 18.6. The third kappa shape index (κ3) is 7.98. The van der Waals surface area contributed by atoms with E-state index in [0.29, 0.717) is 19.7 Å². The molecule has 0 aliphatic rings. The van der Waals surface area contributed by atoms with Gasteiger partial charge in [0.15, 0.2) is 5.96 Å². The topological polar surface area (TPSA) is 67.6 Å². The molecule has 0 aliphatic heterocycles. The number of nitrogens with zero attached hydrogens (tertiary/aromatic N) is 5. The second-order valence-corrected chi connectivity index (χ2v) is 5.75. The number of rotatable bonds is 10. The Morgan fingerprint density at radius 2 is 2.15 bits per heavy atom. The summed E-state index contributed by atoms with van der Waals surface area (Å²) in [5, 5.41) is 11.3. The average molecular weight is 484 g/mol. The summed E-state index contributed by atoms with van der Waals surface area (Å²) >= 11 is 0. The highest BCUT2D eigenvalue weighted by atomic mass is 127. The monoisotopic (exact) mass is 484 g/mol. The molecule has 8 heteroatoms. The first-order chi connectivity index (χ1) is 12.7. The average Bonchev–Trinajstić information content (AvgIpc) is 3.12. The summed E-state index contributed by atoms with van der Waals surface area (Å²) in [6.45, 7) is 9.20. The molecule has 0 fully saturated rings. The van der Waals surface area contributed by atoms with Crippen molar-refractivity contribution in [3.05, 3.63) is 55.1 Å². The minimum atomic E-state index is 0. The smallest absolute Gasteiger partial charge is 0.194 e. The van der Waals surface area contributed by atoms with E-state index in [4.69, 9.17) is 4.74 Å². The molecule has 0 spiro atoms. The van der Waals surface area contributed by atoms with Crippen molar-refractivity contribution in [3.8, 4) is 5.75 Å². The Bertz CT molecular complexity index is 689. The Morgan fingerprint density at radius 1 is 1.37 bits per heavy atom. The van der Waals surface area contributed by atoms with Crippen LogP contribution in [0.4, 0.5) is 0 Å². The third-order valence-corrected chi connectivity index (χ3v) is 3.82. The highest BCUT2D eigenvalue weighted by molar-refractivity contribution is 14.0. The fraction of sp³-hybridized carbons (Fsp3) is 0.421. The van der Waals surface area contributed by atoms with E-state index in [1.807, 2.05) is 48.0 Å². The molecular weight excluding hydrogens is 455 g/mol. The van der Waals surface area contributed by atoms with Crippen LogP contribution in [0.5, 0.6) is 5.75 Å². The van der Waals surface area contributed by atoms with E-state index < -0.39 is 0 Å². The Morgan fingerprint density at radius 3 is 2.85 bits per heavy atom. The van der Waals surface area contributed by atoms with Gasteiger partial charge in [-0.15, -0.1) is 40.8 Å². The van der Waals surface area contributed by atoms with Crippen LogP contribution >= 0.6 is 24.0 Å². The van der Waals surface area contributed by atoms with Gasteiger partial charge in [-0.05, 0) is 12.1 Å². The zero-order valence-electron chi connectivity index (χ0n) is 16.0. The van der Waals surface area contributed by atoms with Crippen LogP contribution in [-0.4, -0.2) is 58.9 Å². The van der Waals surface area contributed by atoms with Gasteiger partial charge in [0, 0.05) is 26.6 Å². The third-order valence-electron chi connectivity index (χ3n) is 3.82. The van der Waals surface area contributed by atoms with Gasteiger partial charge in [-0.1, -0.05) is 31.2 Å². The maximum absolute atomic E-state index is 5.76. The molecule has 0 atom stereocenters. The van der Waals surface area contributed by atoms with Crippen molar-refractivity contribution < 1.29 is 4.74 Å². The van der Waals surface area contributed by atoms with Crippen LogP contribution in [0.15, 0.2) is 54.3 Å². The molecule has 0 saturated carbocycles. The van der Waals surface area contributed by atoms with Crippen molar-refractivity contribution in [1.82, 2.24) is 25.0 Å². The molecule has 0 bridgehead atoms. The highest BCUT2D eigenvalue weighted by Crippen LogP contribution is 2.07. The second-order valence-electron chi connectivity index (χ2n) is 5.75. The molecule has 27 heavy (non-hydrogen) atoms. The maximum atomic E-state index is 5.76. The number of ether oxygens (including phenoxy) is 1. The lowest BCUT2D eigenvalue weighted by Gasteiger charge is -2.22. The van der Waals surface area contributed by atoms with Gasteiger partial charge in [-0.3, -0.25) is 4.99 Å². The number of aryl methyl sites for hydroxylation is 1. The van der Waals surface area contributed by atoms with Crippen molar-refractivity contribution in [2.75, 3.05) is 33.3 Å². The van der Waals surface area contributed by atoms with Crippen LogP contribution in [-0.2, 0) is 13.0 Å². The normalized spacial score (nSPS) is 10.8. The molecule has 1 aromatic carbocycles. The molecular formula is C19H29IN6O. The molecule has 0 saturated heterocycles. The number of hydrogen-bond donors (Lipinski definition) is 1. The summed E-state index contributed by atoms with van der Waals surface area (Å²) in [7, 11) is 2.00. The molecule has 1 heterocycles. The largest absolute Gasteiger partial charge is 0.492 e. The SMILES string of the molecule is C=CCNC(=NCCn1cnnc1CC)N(C)CCOc1ccccc1.I. The van der Waals surface area contributed by atoms with E-state index in [1.165, 1.54) is 0 Å². The zero-order valence-corrected chi connectivity index (χ0v) is 18.4. The molecule has 1 N–H and O–H groups in total. The molecule has 0 unspecified atom stereocenters. The van der Waals surface area contributed by atoms with Crippen molar-refractivity contribution in [3.63, 3.8) is 0 Å². The maximum Gasteiger partial charge on any atom is 0.194 e. The predicted molar refractivity (Wildman–Crippen MR) is 120 cm³/mol. The molecule has 0 radical (unpaired) electrons. The summed E-state index contributed by atoms with van der Waals surface area (Å²) in [6, 6.07) is 9.81. The molecule has 2 aromatic rings. The lowest BCUT2D eigenvalue weighted by atomic mass is 10.3. The van der Waals surface area contributed by atoms with Gasteiger partial charge in [0.1, 0.15) is 24.5 Å². The van der Waals surface area contributed by atoms with Gasteiger partial charge in [0.05, 0.1) is 13.1 Å². The standard InChI is InChI=1S/C19H28N6O.HI/c1-4-11-20-19(21-12-13-25-16-22-23-18(25)5-2)24(3)14-15-26-17-9-7-6-8-10-17;/h4,6-10,16H,1,5,11-15H2,2-3H3,(H,20,21);1H. The molecule has 2 rings (SSSR count). The predicted octanol–water partition coefficient (Wildman–Crippen LogP) is 2.60. The minimum absolute atomic E-state index is 0. The molecule has 0 amide bonds. The van der Waals surface area contributed by atoms with Gasteiger partial charge < -0.3 is 19.5 Å². The van der Waals surface area contributed by atoms with Crippen LogP contribution < -0.4 is 10.1 Å². The second kappa shape index (κ2) is 13.1. The van der Waals surface area contributed by atoms with Crippen molar-refractivity contribution >= 4 is 29.9 Å². The Labute approximate surface area is 178 Å². The van der Waals surface area contributed by atoms with Gasteiger partial charge >= 0.3 is 0 Å². The van der Waals surface area contributed by atoms with Crippen molar-refractivity contribution in [1.29, 1.82) is 0 Å². The van der Waals surface area contributed by atoms with Gasteiger partial charge in [0.25, 0.3) is 0 Å². The van der Waals surface area contributed by atoms with Crippen LogP contribution in [0, 0.1) is 0 Å². The van der Waals surface area contributed by atoms with E-state index in [-0.39, 0.29) is 24.0 Å². The van der Waals surface area contributed by atoms with E-state index in [2.05, 4.69) is 38.9 Å². The summed E-state index contributed by atoms with van der Waals surface area (Å²) in [4.78, 5) is 6.74. The van der Waals surface area contributed by atoms with Crippen LogP contribution in [0.2, 0.25) is 0 Å². The summed E-state index contributed by atoms with van der Waals surface area (Å²) < 4.78 is 7.79.